The Morgan fingerprint density at radius 3 is 1.71 bits per heavy atom. The molecule has 0 aliphatic carbocycles. The summed E-state index contributed by atoms with van der Waals surface area (Å²) in [6.07, 6.45) is -4.70. The molecule has 0 aromatic heterocycles. The van der Waals surface area contributed by atoms with Gasteiger partial charge in [0.2, 0.25) is 0 Å². The maximum Gasteiger partial charge on any atom is 0.417 e. The number of non-ortho nitro benzene ring substituents is 1. The van der Waals surface area contributed by atoms with Crippen molar-refractivity contribution in [1.29, 1.82) is 0 Å². The summed E-state index contributed by atoms with van der Waals surface area (Å²) in [5.74, 6) is 0. The molecule has 10 nitrogen and oxygen atoms in total. The van der Waals surface area contributed by atoms with E-state index in [0.717, 1.165) is 6.07 Å². The van der Waals surface area contributed by atoms with E-state index in [-0.39, 0.29) is 10.2 Å². The van der Waals surface area contributed by atoms with Crippen LogP contribution in [0.2, 0.25) is 0 Å². The monoisotopic (exact) mass is 528 g/mol. The molecule has 0 aliphatic rings. The van der Waals surface area contributed by atoms with Crippen molar-refractivity contribution in [2.75, 3.05) is 5.32 Å². The molecule has 0 saturated heterocycles. The van der Waals surface area contributed by atoms with E-state index in [1.165, 1.54) is 0 Å². The molecule has 148 valence electrons. The van der Waals surface area contributed by atoms with E-state index >= 15 is 0 Å². The summed E-state index contributed by atoms with van der Waals surface area (Å²) in [4.78, 5) is 30.1. The number of nitro groups is 3. The lowest BCUT2D eigenvalue weighted by molar-refractivity contribution is -0.401. The number of hydrogen-bond donors (Lipinski definition) is 1. The maximum absolute atomic E-state index is 12.9. The number of nitrogens with one attached hydrogen (secondary N) is 1. The van der Waals surface area contributed by atoms with Gasteiger partial charge in [-0.15, -0.1) is 0 Å². The Balaban J connectivity index is 2.69. The molecule has 0 bridgehead atoms. The molecule has 2 aromatic carbocycles. The van der Waals surface area contributed by atoms with Gasteiger partial charge in [0.05, 0.1) is 38.2 Å². The van der Waals surface area contributed by atoms with Crippen LogP contribution in [0.15, 0.2) is 33.2 Å². The molecule has 0 aliphatic heterocycles. The molecule has 15 heteroatoms. The van der Waals surface area contributed by atoms with Crippen LogP contribution in [0.25, 0.3) is 0 Å². The normalized spacial score (nSPS) is 11.2. The standard InChI is InChI=1S/C13H5Br2F3N4O6/c14-7-4-9(8(15)3-6(7)13(16,17)18)19-12-10(21(25)26)1-5(20(23)24)2-11(12)22(27)28/h1-4,19H. The lowest BCUT2D eigenvalue weighted by Gasteiger charge is -2.14. The van der Waals surface area contributed by atoms with E-state index in [2.05, 4.69) is 37.2 Å². The summed E-state index contributed by atoms with van der Waals surface area (Å²) < 4.78 is 38.2. The first-order chi connectivity index (χ1) is 12.8. The SMILES string of the molecule is O=[N+]([O-])c1cc([N+](=O)[O-])c(Nc2cc(Br)c(C(F)(F)F)cc2Br)c([N+](=O)[O-])c1. The highest BCUT2D eigenvalue weighted by Crippen LogP contribution is 2.44. The predicted molar refractivity (Wildman–Crippen MR) is 96.5 cm³/mol. The van der Waals surface area contributed by atoms with E-state index in [1.807, 2.05) is 0 Å². The average molecular weight is 530 g/mol. The highest BCUT2D eigenvalue weighted by Gasteiger charge is 2.35. The molecule has 0 radical (unpaired) electrons. The van der Waals surface area contributed by atoms with Crippen molar-refractivity contribution in [1.82, 2.24) is 0 Å². The van der Waals surface area contributed by atoms with Crippen LogP contribution in [0, 0.1) is 30.3 Å². The van der Waals surface area contributed by atoms with Crippen molar-refractivity contribution in [3.05, 3.63) is 69.1 Å². The lowest BCUT2D eigenvalue weighted by atomic mass is 10.1. The minimum absolute atomic E-state index is 0.181. The zero-order valence-corrected chi connectivity index (χ0v) is 16.2. The van der Waals surface area contributed by atoms with Gasteiger partial charge in [0, 0.05) is 8.95 Å². The first-order valence-electron chi connectivity index (χ1n) is 6.77. The summed E-state index contributed by atoms with van der Waals surface area (Å²) in [5.41, 5.74) is -4.85. The summed E-state index contributed by atoms with van der Waals surface area (Å²) in [7, 11) is 0. The van der Waals surface area contributed by atoms with Crippen molar-refractivity contribution in [3.63, 3.8) is 0 Å². The molecule has 2 rings (SSSR count). The number of benzene rings is 2. The zero-order chi connectivity index (χ0) is 21.4. The molecule has 1 N–H and O–H groups in total. The third-order valence-electron chi connectivity index (χ3n) is 3.31. The van der Waals surface area contributed by atoms with Crippen molar-refractivity contribution >= 4 is 60.3 Å². The Labute approximate surface area is 169 Å². The van der Waals surface area contributed by atoms with Gasteiger partial charge in [0.1, 0.15) is 0 Å². The topological polar surface area (TPSA) is 141 Å². The van der Waals surface area contributed by atoms with Crippen LogP contribution < -0.4 is 5.32 Å². The Morgan fingerprint density at radius 2 is 1.32 bits per heavy atom. The minimum Gasteiger partial charge on any atom is -0.343 e. The first-order valence-corrected chi connectivity index (χ1v) is 8.36. The Hall–Kier alpha value is -2.81. The van der Waals surface area contributed by atoms with Gasteiger partial charge in [-0.3, -0.25) is 30.3 Å². The van der Waals surface area contributed by atoms with Gasteiger partial charge >= 0.3 is 17.6 Å². The quantitative estimate of drug-likeness (QED) is 0.386. The number of nitrogens with zero attached hydrogens (tertiary/aromatic N) is 3. The number of rotatable bonds is 5. The van der Waals surface area contributed by atoms with Crippen molar-refractivity contribution in [2.45, 2.75) is 6.18 Å². The summed E-state index contributed by atoms with van der Waals surface area (Å²) >= 11 is 5.58. The number of alkyl halides is 3. The Kier molecular flexibility index (Phi) is 5.88. The molecular weight excluding hydrogens is 525 g/mol. The number of halogens is 5. The Morgan fingerprint density at radius 1 is 0.821 bits per heavy atom. The van der Waals surface area contributed by atoms with Crippen LogP contribution in [0.5, 0.6) is 0 Å². The molecule has 0 saturated carbocycles. The average Bonchev–Trinajstić information content (AvgIpc) is 2.56. The fourth-order valence-corrected chi connectivity index (χ4v) is 3.12. The van der Waals surface area contributed by atoms with Crippen LogP contribution in [0.4, 0.5) is 41.6 Å². The van der Waals surface area contributed by atoms with Gasteiger partial charge in [0.25, 0.3) is 5.69 Å². The van der Waals surface area contributed by atoms with Gasteiger partial charge < -0.3 is 5.32 Å². The first kappa shape index (κ1) is 21.5. The second kappa shape index (κ2) is 7.67. The molecule has 0 heterocycles. The van der Waals surface area contributed by atoms with Crippen molar-refractivity contribution in [2.24, 2.45) is 0 Å². The predicted octanol–water partition coefficient (Wildman–Crippen LogP) is 5.70. The molecule has 2 aromatic rings. The van der Waals surface area contributed by atoms with Crippen LogP contribution >= 0.6 is 31.9 Å². The molecule has 0 atom stereocenters. The second-order valence-corrected chi connectivity index (χ2v) is 6.77. The van der Waals surface area contributed by atoms with E-state index in [1.54, 1.807) is 0 Å². The van der Waals surface area contributed by atoms with Crippen molar-refractivity contribution in [3.8, 4) is 0 Å². The number of nitro benzene ring substituents is 3. The van der Waals surface area contributed by atoms with Crippen LogP contribution in [0.3, 0.4) is 0 Å². The fraction of sp³-hybridized carbons (Fsp3) is 0.0769. The molecule has 28 heavy (non-hydrogen) atoms. The van der Waals surface area contributed by atoms with Gasteiger partial charge in [-0.05, 0) is 28.1 Å². The third kappa shape index (κ3) is 4.36. The number of anilines is 2. The van der Waals surface area contributed by atoms with E-state index in [4.69, 9.17) is 0 Å². The van der Waals surface area contributed by atoms with Crippen LogP contribution in [0.1, 0.15) is 5.56 Å². The largest absolute Gasteiger partial charge is 0.417 e. The Bertz CT molecular complexity index is 979. The van der Waals surface area contributed by atoms with E-state index in [0.29, 0.717) is 18.2 Å². The third-order valence-corrected chi connectivity index (χ3v) is 4.62. The van der Waals surface area contributed by atoms with Crippen LogP contribution in [-0.4, -0.2) is 14.8 Å². The summed E-state index contributed by atoms with van der Waals surface area (Å²) in [5, 5.41) is 35.7. The zero-order valence-electron chi connectivity index (χ0n) is 13.0. The maximum atomic E-state index is 12.9. The van der Waals surface area contributed by atoms with Gasteiger partial charge in [-0.25, -0.2) is 0 Å². The van der Waals surface area contributed by atoms with Gasteiger partial charge in [-0.1, -0.05) is 15.9 Å². The van der Waals surface area contributed by atoms with Gasteiger partial charge in [-0.2, -0.15) is 13.2 Å². The van der Waals surface area contributed by atoms with Gasteiger partial charge in [0.15, 0.2) is 5.69 Å². The molecule has 0 amide bonds. The highest BCUT2D eigenvalue weighted by molar-refractivity contribution is 9.11. The van der Waals surface area contributed by atoms with E-state index < -0.39 is 53.7 Å². The minimum atomic E-state index is -4.70. The summed E-state index contributed by atoms with van der Waals surface area (Å²) in [6, 6.07) is 2.57. The second-order valence-electron chi connectivity index (χ2n) is 5.07. The molecule has 0 unspecified atom stereocenters. The van der Waals surface area contributed by atoms with Crippen LogP contribution in [-0.2, 0) is 6.18 Å². The van der Waals surface area contributed by atoms with E-state index in [9.17, 15) is 43.5 Å². The molecular formula is C13H5Br2F3N4O6. The summed E-state index contributed by atoms with van der Waals surface area (Å²) in [6.45, 7) is 0. The highest BCUT2D eigenvalue weighted by atomic mass is 79.9. The number of hydrogen-bond acceptors (Lipinski definition) is 7. The lowest BCUT2D eigenvalue weighted by Crippen LogP contribution is -2.08. The molecule has 0 fully saturated rings. The smallest absolute Gasteiger partial charge is 0.343 e. The fourth-order valence-electron chi connectivity index (χ4n) is 2.11. The molecule has 0 spiro atoms. The van der Waals surface area contributed by atoms with Crippen molar-refractivity contribution < 1.29 is 27.9 Å².